The average Bonchev–Trinajstić information content (AvgIpc) is 2.58. The number of ether oxygens (including phenoxy) is 1. The third-order valence-electron chi connectivity index (χ3n) is 3.93. The van der Waals surface area contributed by atoms with Crippen molar-refractivity contribution >= 4 is 46.4 Å². The highest BCUT2D eigenvalue weighted by atomic mass is 35.5. The maximum Gasteiger partial charge on any atom is 0.238 e. The molecule has 0 saturated heterocycles. The van der Waals surface area contributed by atoms with Crippen LogP contribution in [0, 0.1) is 0 Å². The molecule has 1 atom stereocenters. The maximum absolute atomic E-state index is 12.3. The molecule has 1 unspecified atom stereocenters. The summed E-state index contributed by atoms with van der Waals surface area (Å²) in [5.41, 5.74) is 1.44. The molecule has 25 heavy (non-hydrogen) atoms. The van der Waals surface area contributed by atoms with E-state index in [0.29, 0.717) is 20.8 Å². The van der Waals surface area contributed by atoms with E-state index in [0.717, 1.165) is 11.3 Å². The number of amides is 1. The van der Waals surface area contributed by atoms with E-state index in [1.165, 1.54) is 12.1 Å². The Morgan fingerprint density at radius 3 is 2.48 bits per heavy atom. The molecule has 0 aliphatic carbocycles. The molecule has 0 spiro atoms. The SMILES string of the molecule is COc1ccccc1C(C)N(C)CC(=O)Nc1cc(Cl)c(Cl)cc1Cl. The van der Waals surface area contributed by atoms with E-state index < -0.39 is 0 Å². The van der Waals surface area contributed by atoms with Crippen molar-refractivity contribution in [2.75, 3.05) is 26.0 Å². The van der Waals surface area contributed by atoms with Crippen molar-refractivity contribution < 1.29 is 9.53 Å². The number of para-hydroxylation sites is 1. The molecule has 1 N–H and O–H groups in total. The zero-order chi connectivity index (χ0) is 18.6. The van der Waals surface area contributed by atoms with Gasteiger partial charge in [0.1, 0.15) is 5.75 Å². The second kappa shape index (κ2) is 8.77. The van der Waals surface area contributed by atoms with Gasteiger partial charge in [-0.05, 0) is 32.2 Å². The van der Waals surface area contributed by atoms with Crippen LogP contribution in [0.3, 0.4) is 0 Å². The lowest BCUT2D eigenvalue weighted by Gasteiger charge is -2.26. The number of halogens is 3. The topological polar surface area (TPSA) is 41.6 Å². The van der Waals surface area contributed by atoms with Crippen molar-refractivity contribution in [2.24, 2.45) is 0 Å². The predicted octanol–water partition coefficient (Wildman–Crippen LogP) is 5.29. The van der Waals surface area contributed by atoms with Gasteiger partial charge in [-0.25, -0.2) is 0 Å². The number of anilines is 1. The van der Waals surface area contributed by atoms with Crippen LogP contribution in [-0.4, -0.2) is 31.5 Å². The van der Waals surface area contributed by atoms with Crippen molar-refractivity contribution in [3.05, 3.63) is 57.0 Å². The molecule has 2 aromatic rings. The molecular formula is C18H19Cl3N2O2. The van der Waals surface area contributed by atoms with Gasteiger partial charge in [0, 0.05) is 11.6 Å². The largest absolute Gasteiger partial charge is 0.496 e. The van der Waals surface area contributed by atoms with Crippen LogP contribution in [0.4, 0.5) is 5.69 Å². The smallest absolute Gasteiger partial charge is 0.238 e. The summed E-state index contributed by atoms with van der Waals surface area (Å²) in [5.74, 6) is 0.583. The Morgan fingerprint density at radius 1 is 1.16 bits per heavy atom. The summed E-state index contributed by atoms with van der Waals surface area (Å²) >= 11 is 18.0. The molecule has 0 fully saturated rings. The first-order chi connectivity index (χ1) is 11.8. The number of nitrogens with one attached hydrogen (secondary N) is 1. The Kier molecular flexibility index (Phi) is 6.96. The van der Waals surface area contributed by atoms with E-state index in [4.69, 9.17) is 39.5 Å². The molecule has 1 amide bonds. The van der Waals surface area contributed by atoms with Crippen LogP contribution in [-0.2, 0) is 4.79 Å². The van der Waals surface area contributed by atoms with Crippen LogP contribution < -0.4 is 10.1 Å². The number of likely N-dealkylation sites (N-methyl/N-ethyl adjacent to an activating group) is 1. The van der Waals surface area contributed by atoms with Crippen molar-refractivity contribution in [3.8, 4) is 5.75 Å². The van der Waals surface area contributed by atoms with E-state index in [1.807, 2.05) is 43.1 Å². The Hall–Kier alpha value is -1.46. The van der Waals surface area contributed by atoms with Crippen molar-refractivity contribution in [2.45, 2.75) is 13.0 Å². The molecule has 4 nitrogen and oxygen atoms in total. The lowest BCUT2D eigenvalue weighted by molar-refractivity contribution is -0.117. The highest BCUT2D eigenvalue weighted by Crippen LogP contribution is 2.32. The number of methoxy groups -OCH3 is 1. The Morgan fingerprint density at radius 2 is 1.80 bits per heavy atom. The number of hydrogen-bond donors (Lipinski definition) is 1. The van der Waals surface area contributed by atoms with Gasteiger partial charge >= 0.3 is 0 Å². The molecule has 2 rings (SSSR count). The Bertz CT molecular complexity index is 768. The van der Waals surface area contributed by atoms with Crippen molar-refractivity contribution in [3.63, 3.8) is 0 Å². The maximum atomic E-state index is 12.3. The zero-order valence-electron chi connectivity index (χ0n) is 14.1. The van der Waals surface area contributed by atoms with Gasteiger partial charge in [-0.15, -0.1) is 0 Å². The Labute approximate surface area is 162 Å². The van der Waals surface area contributed by atoms with Crippen molar-refractivity contribution in [1.29, 1.82) is 0 Å². The van der Waals surface area contributed by atoms with Gasteiger partial charge in [0.05, 0.1) is 34.4 Å². The van der Waals surface area contributed by atoms with Crippen LogP contribution in [0.15, 0.2) is 36.4 Å². The minimum absolute atomic E-state index is 0.00817. The van der Waals surface area contributed by atoms with Gasteiger partial charge in [0.2, 0.25) is 5.91 Å². The lowest BCUT2D eigenvalue weighted by Crippen LogP contribution is -2.32. The summed E-state index contributed by atoms with van der Waals surface area (Å²) in [6.07, 6.45) is 0. The standard InChI is InChI=1S/C18H19Cl3N2O2/c1-11(12-6-4-5-7-17(12)25-3)23(2)10-18(24)22-16-9-14(20)13(19)8-15(16)21/h4-9,11H,10H2,1-3H3,(H,22,24). The number of nitrogens with zero attached hydrogens (tertiary/aromatic N) is 1. The van der Waals surface area contributed by atoms with E-state index in [2.05, 4.69) is 5.32 Å². The summed E-state index contributed by atoms with van der Waals surface area (Å²) in [5, 5.41) is 3.76. The molecule has 0 heterocycles. The molecule has 0 aliphatic rings. The molecule has 0 saturated carbocycles. The molecule has 0 radical (unpaired) electrons. The first-order valence-electron chi connectivity index (χ1n) is 7.61. The molecule has 7 heteroatoms. The van der Waals surface area contributed by atoms with Crippen LogP contribution in [0.1, 0.15) is 18.5 Å². The Balaban J connectivity index is 2.06. The van der Waals surface area contributed by atoms with Gasteiger partial charge in [-0.3, -0.25) is 9.69 Å². The summed E-state index contributed by atoms with van der Waals surface area (Å²) in [6.45, 7) is 2.19. The quantitative estimate of drug-likeness (QED) is 0.669. The monoisotopic (exact) mass is 400 g/mol. The van der Waals surface area contributed by atoms with Crippen LogP contribution in [0.25, 0.3) is 0 Å². The minimum Gasteiger partial charge on any atom is -0.496 e. The number of carbonyl (C=O) groups excluding carboxylic acids is 1. The summed E-state index contributed by atoms with van der Waals surface area (Å²) < 4.78 is 5.39. The van der Waals surface area contributed by atoms with Crippen LogP contribution in [0.2, 0.25) is 15.1 Å². The normalized spacial score (nSPS) is 12.1. The van der Waals surface area contributed by atoms with E-state index in [9.17, 15) is 4.79 Å². The van der Waals surface area contributed by atoms with Gasteiger partial charge in [0.25, 0.3) is 0 Å². The lowest BCUT2D eigenvalue weighted by atomic mass is 10.1. The highest BCUT2D eigenvalue weighted by Gasteiger charge is 2.18. The number of hydrogen-bond acceptors (Lipinski definition) is 3. The molecule has 134 valence electrons. The summed E-state index contributed by atoms with van der Waals surface area (Å²) in [6, 6.07) is 10.8. The zero-order valence-corrected chi connectivity index (χ0v) is 16.4. The summed E-state index contributed by atoms with van der Waals surface area (Å²) in [4.78, 5) is 14.3. The first kappa shape index (κ1) is 19.9. The molecular weight excluding hydrogens is 383 g/mol. The molecule has 0 aliphatic heterocycles. The number of benzene rings is 2. The third kappa shape index (κ3) is 5.02. The number of carbonyl (C=O) groups is 1. The first-order valence-corrected chi connectivity index (χ1v) is 8.74. The van der Waals surface area contributed by atoms with Crippen LogP contribution in [0.5, 0.6) is 5.75 Å². The number of rotatable bonds is 6. The fourth-order valence-corrected chi connectivity index (χ4v) is 3.01. The van der Waals surface area contributed by atoms with Gasteiger partial charge in [-0.2, -0.15) is 0 Å². The fraction of sp³-hybridized carbons (Fsp3) is 0.278. The van der Waals surface area contributed by atoms with Gasteiger partial charge in [-0.1, -0.05) is 53.0 Å². The molecule has 0 bridgehead atoms. The van der Waals surface area contributed by atoms with Gasteiger partial charge < -0.3 is 10.1 Å². The predicted molar refractivity (Wildman–Crippen MR) is 104 cm³/mol. The second-order valence-electron chi connectivity index (χ2n) is 5.63. The third-order valence-corrected chi connectivity index (χ3v) is 4.96. The highest BCUT2D eigenvalue weighted by molar-refractivity contribution is 6.44. The average molecular weight is 402 g/mol. The van der Waals surface area contributed by atoms with E-state index in [1.54, 1.807) is 7.11 Å². The fourth-order valence-electron chi connectivity index (χ4n) is 2.42. The molecule has 0 aromatic heterocycles. The van der Waals surface area contributed by atoms with E-state index in [-0.39, 0.29) is 18.5 Å². The summed E-state index contributed by atoms with van der Waals surface area (Å²) in [7, 11) is 3.50. The molecule has 2 aromatic carbocycles. The minimum atomic E-state index is -0.204. The van der Waals surface area contributed by atoms with Gasteiger partial charge in [0.15, 0.2) is 0 Å². The van der Waals surface area contributed by atoms with E-state index >= 15 is 0 Å². The van der Waals surface area contributed by atoms with Crippen LogP contribution >= 0.6 is 34.8 Å². The van der Waals surface area contributed by atoms with Crippen molar-refractivity contribution in [1.82, 2.24) is 4.90 Å². The second-order valence-corrected chi connectivity index (χ2v) is 6.85.